The van der Waals surface area contributed by atoms with Crippen molar-refractivity contribution in [1.82, 2.24) is 0 Å². The summed E-state index contributed by atoms with van der Waals surface area (Å²) in [5, 5.41) is 10.4. The fourth-order valence-corrected chi connectivity index (χ4v) is 2.08. The van der Waals surface area contributed by atoms with Gasteiger partial charge in [-0.1, -0.05) is 23.2 Å². The van der Waals surface area contributed by atoms with Crippen molar-refractivity contribution >= 4 is 23.2 Å². The maximum absolute atomic E-state index is 9.39. The van der Waals surface area contributed by atoms with E-state index >= 15 is 0 Å². The average molecular weight is 264 g/mol. The summed E-state index contributed by atoms with van der Waals surface area (Å²) in [5.41, 5.74) is 6.22. The summed E-state index contributed by atoms with van der Waals surface area (Å²) < 4.78 is 5.19. The predicted octanol–water partition coefficient (Wildman–Crippen LogP) is 2.25. The van der Waals surface area contributed by atoms with Gasteiger partial charge in [0.1, 0.15) is 5.75 Å². The monoisotopic (exact) mass is 263 g/mol. The average Bonchev–Trinajstić information content (AvgIpc) is 2.25. The molecule has 5 heteroatoms. The standard InChI is InChI=1S/C11H15Cl2NO2/c1-16-11-7(2-3-9(15)6-14)4-8(12)5-10(11)13/h4-5,9,15H,2-3,6,14H2,1H3. The Kier molecular flexibility index (Phi) is 5.35. The van der Waals surface area contributed by atoms with Crippen LogP contribution in [0.2, 0.25) is 10.0 Å². The number of halogens is 2. The summed E-state index contributed by atoms with van der Waals surface area (Å²) in [7, 11) is 1.55. The number of methoxy groups -OCH3 is 1. The van der Waals surface area contributed by atoms with Gasteiger partial charge in [-0.05, 0) is 30.5 Å². The number of hydrogen-bond acceptors (Lipinski definition) is 3. The number of aliphatic hydroxyl groups excluding tert-OH is 1. The minimum absolute atomic E-state index is 0.247. The van der Waals surface area contributed by atoms with Crippen LogP contribution in [0.25, 0.3) is 0 Å². The zero-order chi connectivity index (χ0) is 12.1. The second-order valence-corrected chi connectivity index (χ2v) is 4.35. The molecule has 1 rings (SSSR count). The third kappa shape index (κ3) is 3.52. The first-order chi connectivity index (χ1) is 7.58. The van der Waals surface area contributed by atoms with Crippen LogP contribution in [0.3, 0.4) is 0 Å². The lowest BCUT2D eigenvalue weighted by Crippen LogP contribution is -2.20. The fourth-order valence-electron chi connectivity index (χ4n) is 1.47. The van der Waals surface area contributed by atoms with Crippen LogP contribution in [0.4, 0.5) is 0 Å². The van der Waals surface area contributed by atoms with E-state index in [0.29, 0.717) is 28.6 Å². The van der Waals surface area contributed by atoms with Gasteiger partial charge >= 0.3 is 0 Å². The van der Waals surface area contributed by atoms with Crippen molar-refractivity contribution in [2.45, 2.75) is 18.9 Å². The van der Waals surface area contributed by atoms with Crippen molar-refractivity contribution in [2.24, 2.45) is 5.73 Å². The van der Waals surface area contributed by atoms with Crippen molar-refractivity contribution in [3.05, 3.63) is 27.7 Å². The van der Waals surface area contributed by atoms with Crippen LogP contribution in [0.15, 0.2) is 12.1 Å². The molecule has 0 bridgehead atoms. The molecule has 1 atom stereocenters. The van der Waals surface area contributed by atoms with Crippen LogP contribution in [0.5, 0.6) is 5.75 Å². The normalized spacial score (nSPS) is 12.6. The van der Waals surface area contributed by atoms with Crippen LogP contribution >= 0.6 is 23.2 Å². The molecule has 0 fully saturated rings. The molecule has 90 valence electrons. The first-order valence-corrected chi connectivity index (χ1v) is 5.74. The number of nitrogens with two attached hydrogens (primary N) is 1. The molecule has 0 aliphatic carbocycles. The van der Waals surface area contributed by atoms with Crippen LogP contribution in [-0.4, -0.2) is 24.9 Å². The Morgan fingerprint density at radius 1 is 1.44 bits per heavy atom. The summed E-state index contributed by atoms with van der Waals surface area (Å²) >= 11 is 11.9. The molecular formula is C11H15Cl2NO2. The lowest BCUT2D eigenvalue weighted by molar-refractivity contribution is 0.173. The second kappa shape index (κ2) is 6.30. The van der Waals surface area contributed by atoms with Gasteiger partial charge < -0.3 is 15.6 Å². The third-order valence-electron chi connectivity index (χ3n) is 2.31. The quantitative estimate of drug-likeness (QED) is 0.857. The van der Waals surface area contributed by atoms with Gasteiger partial charge in [-0.3, -0.25) is 0 Å². The molecule has 0 saturated heterocycles. The lowest BCUT2D eigenvalue weighted by Gasteiger charge is -2.12. The van der Waals surface area contributed by atoms with Crippen molar-refractivity contribution in [1.29, 1.82) is 0 Å². The fraction of sp³-hybridized carbons (Fsp3) is 0.455. The van der Waals surface area contributed by atoms with Gasteiger partial charge in [-0.15, -0.1) is 0 Å². The van der Waals surface area contributed by atoms with Gasteiger partial charge in [0.15, 0.2) is 0 Å². The van der Waals surface area contributed by atoms with E-state index in [9.17, 15) is 5.11 Å². The van der Waals surface area contributed by atoms with E-state index in [2.05, 4.69) is 0 Å². The summed E-state index contributed by atoms with van der Waals surface area (Å²) in [5.74, 6) is 0.607. The minimum Gasteiger partial charge on any atom is -0.495 e. The Hall–Kier alpha value is -0.480. The minimum atomic E-state index is -0.512. The Balaban J connectivity index is 2.85. The molecule has 0 spiro atoms. The molecule has 0 saturated carbocycles. The highest BCUT2D eigenvalue weighted by Crippen LogP contribution is 2.32. The predicted molar refractivity (Wildman–Crippen MR) is 66.4 cm³/mol. The summed E-state index contributed by atoms with van der Waals surface area (Å²) in [6.45, 7) is 0.247. The molecule has 0 aliphatic rings. The number of benzene rings is 1. The number of ether oxygens (including phenoxy) is 1. The van der Waals surface area contributed by atoms with E-state index < -0.39 is 6.10 Å². The van der Waals surface area contributed by atoms with Gasteiger partial charge in [0.25, 0.3) is 0 Å². The topological polar surface area (TPSA) is 55.5 Å². The van der Waals surface area contributed by atoms with E-state index in [0.717, 1.165) is 5.56 Å². The van der Waals surface area contributed by atoms with Gasteiger partial charge in [0.05, 0.1) is 18.2 Å². The number of aryl methyl sites for hydroxylation is 1. The van der Waals surface area contributed by atoms with Gasteiger partial charge in [0.2, 0.25) is 0 Å². The van der Waals surface area contributed by atoms with E-state index in [-0.39, 0.29) is 6.54 Å². The van der Waals surface area contributed by atoms with Crippen LogP contribution < -0.4 is 10.5 Å². The first kappa shape index (κ1) is 13.6. The molecule has 0 aliphatic heterocycles. The summed E-state index contributed by atoms with van der Waals surface area (Å²) in [6.07, 6.45) is 0.674. The first-order valence-electron chi connectivity index (χ1n) is 4.98. The molecule has 3 N–H and O–H groups in total. The van der Waals surface area contributed by atoms with Crippen LogP contribution in [0, 0.1) is 0 Å². The molecule has 1 unspecified atom stereocenters. The molecule has 0 aromatic heterocycles. The molecule has 1 aromatic carbocycles. The van der Waals surface area contributed by atoms with E-state index in [4.69, 9.17) is 33.7 Å². The highest BCUT2D eigenvalue weighted by Gasteiger charge is 2.11. The Labute approximate surface area is 105 Å². The summed E-state index contributed by atoms with van der Waals surface area (Å²) in [6, 6.07) is 3.42. The number of rotatable bonds is 5. The second-order valence-electron chi connectivity index (χ2n) is 3.51. The highest BCUT2D eigenvalue weighted by molar-refractivity contribution is 6.35. The zero-order valence-electron chi connectivity index (χ0n) is 9.04. The zero-order valence-corrected chi connectivity index (χ0v) is 10.6. The Morgan fingerprint density at radius 2 is 2.12 bits per heavy atom. The Morgan fingerprint density at radius 3 is 2.69 bits per heavy atom. The van der Waals surface area contributed by atoms with Crippen molar-refractivity contribution in [3.8, 4) is 5.75 Å². The van der Waals surface area contributed by atoms with Gasteiger partial charge in [-0.2, -0.15) is 0 Å². The molecule has 0 heterocycles. The van der Waals surface area contributed by atoms with Crippen molar-refractivity contribution < 1.29 is 9.84 Å². The summed E-state index contributed by atoms with van der Waals surface area (Å²) in [4.78, 5) is 0. The van der Waals surface area contributed by atoms with E-state index in [1.165, 1.54) is 0 Å². The van der Waals surface area contributed by atoms with Crippen LogP contribution in [-0.2, 0) is 6.42 Å². The Bertz CT molecular complexity index is 358. The maximum Gasteiger partial charge on any atom is 0.140 e. The largest absolute Gasteiger partial charge is 0.495 e. The van der Waals surface area contributed by atoms with Gasteiger partial charge in [0, 0.05) is 11.6 Å². The number of hydrogen-bond donors (Lipinski definition) is 2. The smallest absolute Gasteiger partial charge is 0.140 e. The maximum atomic E-state index is 9.39. The number of aliphatic hydroxyl groups is 1. The molecule has 1 aromatic rings. The molecule has 3 nitrogen and oxygen atoms in total. The molecule has 16 heavy (non-hydrogen) atoms. The lowest BCUT2D eigenvalue weighted by atomic mass is 10.1. The SMILES string of the molecule is COc1c(Cl)cc(Cl)cc1CCC(O)CN. The molecule has 0 radical (unpaired) electrons. The van der Waals surface area contributed by atoms with Crippen molar-refractivity contribution in [3.63, 3.8) is 0 Å². The van der Waals surface area contributed by atoms with Gasteiger partial charge in [-0.25, -0.2) is 0 Å². The van der Waals surface area contributed by atoms with E-state index in [1.54, 1.807) is 19.2 Å². The highest BCUT2D eigenvalue weighted by atomic mass is 35.5. The van der Waals surface area contributed by atoms with Crippen LogP contribution in [0.1, 0.15) is 12.0 Å². The van der Waals surface area contributed by atoms with Crippen molar-refractivity contribution in [2.75, 3.05) is 13.7 Å². The molecule has 0 amide bonds. The molecular weight excluding hydrogens is 249 g/mol. The third-order valence-corrected chi connectivity index (χ3v) is 2.81. The van der Waals surface area contributed by atoms with E-state index in [1.807, 2.05) is 0 Å².